The summed E-state index contributed by atoms with van der Waals surface area (Å²) >= 11 is 0. The Balaban J connectivity index is 1.24. The van der Waals surface area contributed by atoms with E-state index in [-0.39, 0.29) is 22.3 Å². The van der Waals surface area contributed by atoms with E-state index in [9.17, 15) is 18.0 Å². The molecule has 0 unspecified atom stereocenters. The van der Waals surface area contributed by atoms with Crippen molar-refractivity contribution in [3.05, 3.63) is 94.9 Å². The molecule has 7 heteroatoms. The molecule has 2 amide bonds. The van der Waals surface area contributed by atoms with Crippen LogP contribution < -0.4 is 10.6 Å². The van der Waals surface area contributed by atoms with Gasteiger partial charge in [-0.1, -0.05) is 60.7 Å². The fourth-order valence-corrected chi connectivity index (χ4v) is 5.03. The Morgan fingerprint density at radius 1 is 0.688 bits per heavy atom. The zero-order valence-corrected chi connectivity index (χ0v) is 18.1. The molecule has 0 aliphatic carbocycles. The second-order valence-corrected chi connectivity index (χ2v) is 9.25. The van der Waals surface area contributed by atoms with Crippen LogP contribution in [0, 0.1) is 0 Å². The quantitative estimate of drug-likeness (QED) is 0.544. The van der Waals surface area contributed by atoms with E-state index in [1.807, 2.05) is 42.5 Å². The van der Waals surface area contributed by atoms with Crippen molar-refractivity contribution in [3.8, 4) is 11.1 Å². The van der Waals surface area contributed by atoms with Crippen LogP contribution in [0.2, 0.25) is 0 Å². The number of carbonyl (C=O) groups is 2. The smallest absolute Gasteiger partial charge is 0.263 e. The molecule has 0 radical (unpaired) electrons. The van der Waals surface area contributed by atoms with Crippen molar-refractivity contribution in [2.45, 2.75) is 11.3 Å². The molecule has 0 atom stereocenters. The summed E-state index contributed by atoms with van der Waals surface area (Å²) in [4.78, 5) is 24.6. The largest absolute Gasteiger partial charge is 0.352 e. The van der Waals surface area contributed by atoms with Gasteiger partial charge in [0.2, 0.25) is 9.84 Å². The van der Waals surface area contributed by atoms with Crippen LogP contribution in [0.15, 0.2) is 88.7 Å². The summed E-state index contributed by atoms with van der Waals surface area (Å²) in [6, 6.07) is 23.8. The fraction of sp³-hybridized carbons (Fsp3) is 0.120. The first kappa shape index (κ1) is 21.5. The predicted molar refractivity (Wildman–Crippen MR) is 123 cm³/mol. The first-order chi connectivity index (χ1) is 15.5. The standard InChI is InChI=1S/C25H22N2O4S/c28-24(20-13-11-19(12-14-20)18-7-2-1-3-8-18)26-15-6-16-27-25(29)23-17-21-9-4-5-10-22(21)32(23,30)31/h1-5,7-14,17H,6,15-16H2,(H,26,28)(H,27,29). The average molecular weight is 447 g/mol. The molecule has 1 aliphatic heterocycles. The number of benzene rings is 3. The van der Waals surface area contributed by atoms with Crippen LogP contribution in [0.1, 0.15) is 22.3 Å². The van der Waals surface area contributed by atoms with Crippen molar-refractivity contribution in [2.75, 3.05) is 13.1 Å². The molecular weight excluding hydrogens is 424 g/mol. The van der Waals surface area contributed by atoms with E-state index >= 15 is 0 Å². The van der Waals surface area contributed by atoms with Gasteiger partial charge in [0, 0.05) is 18.7 Å². The Hall–Kier alpha value is -3.71. The highest BCUT2D eigenvalue weighted by Gasteiger charge is 2.33. The summed E-state index contributed by atoms with van der Waals surface area (Å²) < 4.78 is 25.0. The van der Waals surface area contributed by atoms with Crippen molar-refractivity contribution in [1.29, 1.82) is 0 Å². The van der Waals surface area contributed by atoms with Gasteiger partial charge in [0.05, 0.1) is 4.90 Å². The van der Waals surface area contributed by atoms with Gasteiger partial charge in [0.25, 0.3) is 11.8 Å². The number of hydrogen-bond acceptors (Lipinski definition) is 4. The average Bonchev–Trinajstić information content (AvgIpc) is 3.10. The van der Waals surface area contributed by atoms with Crippen molar-refractivity contribution in [3.63, 3.8) is 0 Å². The molecule has 0 saturated heterocycles. The minimum Gasteiger partial charge on any atom is -0.352 e. The molecule has 162 valence electrons. The summed E-state index contributed by atoms with van der Waals surface area (Å²) in [5.74, 6) is -0.837. The highest BCUT2D eigenvalue weighted by molar-refractivity contribution is 7.96. The molecule has 1 heterocycles. The second kappa shape index (κ2) is 9.20. The SMILES string of the molecule is O=C(NCCCNC(=O)c1ccc(-c2ccccc2)cc1)C1=Cc2ccccc2S1(=O)=O. The lowest BCUT2D eigenvalue weighted by Gasteiger charge is -2.08. The normalized spacial score (nSPS) is 13.7. The molecule has 3 aromatic rings. The molecule has 2 N–H and O–H groups in total. The van der Waals surface area contributed by atoms with Gasteiger partial charge in [-0.3, -0.25) is 9.59 Å². The van der Waals surface area contributed by atoms with E-state index in [0.717, 1.165) is 11.1 Å². The molecule has 4 rings (SSSR count). The maximum atomic E-state index is 12.5. The molecular formula is C25H22N2O4S. The third-order valence-electron chi connectivity index (χ3n) is 5.19. The van der Waals surface area contributed by atoms with Crippen LogP contribution >= 0.6 is 0 Å². The Morgan fingerprint density at radius 2 is 1.28 bits per heavy atom. The third-order valence-corrected chi connectivity index (χ3v) is 7.02. The zero-order chi connectivity index (χ0) is 22.6. The first-order valence-corrected chi connectivity index (χ1v) is 11.7. The number of rotatable bonds is 7. The van der Waals surface area contributed by atoms with Crippen molar-refractivity contribution < 1.29 is 18.0 Å². The molecule has 1 aliphatic rings. The molecule has 0 aromatic heterocycles. The minimum absolute atomic E-state index is 0.149. The van der Waals surface area contributed by atoms with E-state index in [0.29, 0.717) is 24.1 Å². The highest BCUT2D eigenvalue weighted by Crippen LogP contribution is 2.32. The molecule has 0 bridgehead atoms. The summed E-state index contributed by atoms with van der Waals surface area (Å²) in [7, 11) is -3.78. The Bertz CT molecular complexity index is 1280. The van der Waals surface area contributed by atoms with Gasteiger partial charge in [-0.15, -0.1) is 0 Å². The van der Waals surface area contributed by atoms with Crippen molar-refractivity contribution in [2.24, 2.45) is 0 Å². The van der Waals surface area contributed by atoms with Gasteiger partial charge in [-0.05, 0) is 47.4 Å². The summed E-state index contributed by atoms with van der Waals surface area (Å²) in [6.07, 6.45) is 1.86. The minimum atomic E-state index is -3.78. The Morgan fingerprint density at radius 3 is 1.97 bits per heavy atom. The predicted octanol–water partition coefficient (Wildman–Crippen LogP) is 3.42. The van der Waals surface area contributed by atoms with E-state index in [4.69, 9.17) is 0 Å². The monoisotopic (exact) mass is 446 g/mol. The summed E-state index contributed by atoms with van der Waals surface area (Å²) in [5, 5.41) is 5.43. The van der Waals surface area contributed by atoms with E-state index in [1.54, 1.807) is 30.3 Å². The number of amides is 2. The lowest BCUT2D eigenvalue weighted by Crippen LogP contribution is -2.31. The number of fused-ring (bicyclic) bond motifs is 1. The van der Waals surface area contributed by atoms with Crippen LogP contribution in [-0.4, -0.2) is 33.3 Å². The number of hydrogen-bond donors (Lipinski definition) is 2. The molecule has 32 heavy (non-hydrogen) atoms. The van der Waals surface area contributed by atoms with Crippen molar-refractivity contribution >= 4 is 27.7 Å². The van der Waals surface area contributed by atoms with Gasteiger partial charge >= 0.3 is 0 Å². The summed E-state index contributed by atoms with van der Waals surface area (Å²) in [5.41, 5.74) is 3.18. The summed E-state index contributed by atoms with van der Waals surface area (Å²) in [6.45, 7) is 0.598. The lowest BCUT2D eigenvalue weighted by molar-refractivity contribution is -0.116. The van der Waals surface area contributed by atoms with Gasteiger partial charge < -0.3 is 10.6 Å². The second-order valence-electron chi connectivity index (χ2n) is 7.36. The van der Waals surface area contributed by atoms with Crippen LogP contribution in [0.5, 0.6) is 0 Å². The van der Waals surface area contributed by atoms with Crippen LogP contribution in [0.3, 0.4) is 0 Å². The molecule has 6 nitrogen and oxygen atoms in total. The first-order valence-electron chi connectivity index (χ1n) is 10.2. The van der Waals surface area contributed by atoms with Crippen LogP contribution in [0.4, 0.5) is 0 Å². The van der Waals surface area contributed by atoms with Gasteiger partial charge in [0.1, 0.15) is 4.91 Å². The van der Waals surface area contributed by atoms with Crippen LogP contribution in [-0.2, 0) is 14.6 Å². The van der Waals surface area contributed by atoms with Gasteiger partial charge in [-0.2, -0.15) is 0 Å². The lowest BCUT2D eigenvalue weighted by atomic mass is 10.0. The van der Waals surface area contributed by atoms with E-state index < -0.39 is 15.7 Å². The van der Waals surface area contributed by atoms with E-state index in [1.165, 1.54) is 12.1 Å². The van der Waals surface area contributed by atoms with E-state index in [2.05, 4.69) is 10.6 Å². The number of carbonyl (C=O) groups excluding carboxylic acids is 2. The molecule has 0 saturated carbocycles. The highest BCUT2D eigenvalue weighted by atomic mass is 32.2. The third kappa shape index (κ3) is 4.48. The molecule has 0 spiro atoms. The number of sulfone groups is 1. The molecule has 0 fully saturated rings. The maximum absolute atomic E-state index is 12.5. The van der Waals surface area contributed by atoms with Crippen LogP contribution in [0.25, 0.3) is 17.2 Å². The fourth-order valence-electron chi connectivity index (χ4n) is 3.50. The van der Waals surface area contributed by atoms with Gasteiger partial charge in [-0.25, -0.2) is 8.42 Å². The number of nitrogens with one attached hydrogen (secondary N) is 2. The molecule has 3 aromatic carbocycles. The Labute approximate surface area is 186 Å². The topological polar surface area (TPSA) is 92.3 Å². The maximum Gasteiger partial charge on any atom is 0.263 e. The zero-order valence-electron chi connectivity index (χ0n) is 17.2. The van der Waals surface area contributed by atoms with Crippen molar-refractivity contribution in [1.82, 2.24) is 10.6 Å². The Kier molecular flexibility index (Phi) is 6.18. The van der Waals surface area contributed by atoms with Gasteiger partial charge in [0.15, 0.2) is 0 Å².